The van der Waals surface area contributed by atoms with Gasteiger partial charge in [-0.25, -0.2) is 4.98 Å². The van der Waals surface area contributed by atoms with Crippen molar-refractivity contribution >= 4 is 55.9 Å². The smallest absolute Gasteiger partial charge is 0.242 e. The maximum atomic E-state index is 8.11. The van der Waals surface area contributed by atoms with Crippen LogP contribution in [0.25, 0.3) is 44.3 Å². The van der Waals surface area contributed by atoms with E-state index in [4.69, 9.17) is 13.8 Å². The van der Waals surface area contributed by atoms with Crippen molar-refractivity contribution in [3.8, 4) is 23.0 Å². The van der Waals surface area contributed by atoms with Crippen LogP contribution in [0, 0.1) is 60.0 Å². The van der Waals surface area contributed by atoms with Gasteiger partial charge in [0.25, 0.3) is 0 Å². The Morgan fingerprint density at radius 2 is 1.35 bits per heavy atom. The number of hydrogen-bond acceptors (Lipinski definition) is 2. The minimum atomic E-state index is -2.40. The Kier molecular flexibility index (Phi) is 9.77. The molecule has 0 fully saturated rings. The Morgan fingerprint density at radius 3 is 2.02 bits per heavy atom. The van der Waals surface area contributed by atoms with E-state index in [1.807, 2.05) is 48.7 Å². The number of pyridine rings is 1. The molecular formula is C53H49BN4OPt-2. The molecule has 0 N–H and O–H groups in total. The van der Waals surface area contributed by atoms with Crippen LogP contribution in [0.1, 0.15) is 63.8 Å². The van der Waals surface area contributed by atoms with E-state index >= 15 is 0 Å². The number of rotatable bonds is 7. The molecule has 5 nitrogen and oxygen atoms in total. The van der Waals surface area contributed by atoms with Crippen molar-refractivity contribution < 1.29 is 34.5 Å². The van der Waals surface area contributed by atoms with Gasteiger partial charge in [0.1, 0.15) is 5.82 Å². The number of ether oxygens (including phenoxy) is 1. The fourth-order valence-corrected chi connectivity index (χ4v) is 9.18. The molecule has 0 unspecified atom stereocenters. The summed E-state index contributed by atoms with van der Waals surface area (Å²) in [5.41, 5.74) is 16.4. The number of aryl methyl sites for hydroxylation is 7. The summed E-state index contributed by atoms with van der Waals surface area (Å²) in [6, 6.07) is 44.4. The SMILES string of the molecule is [2H]C([2H])([2H])[n+]1[c-]n(-c2[c-]c(Oc3[c-]c4c(cc3)c3cc(B(c5c(C)cc(C)cc5C)c5c(C)cc(C)cc5C)ccc3n4-c3cc(C(C)(C)C)ccn3)ccc2)c2ccccc21.[Pt]. The van der Waals surface area contributed by atoms with Gasteiger partial charge in [-0.1, -0.05) is 142 Å². The van der Waals surface area contributed by atoms with E-state index in [9.17, 15) is 0 Å². The molecule has 9 rings (SSSR count). The van der Waals surface area contributed by atoms with Crippen LogP contribution >= 0.6 is 0 Å². The Labute approximate surface area is 373 Å². The molecule has 0 spiro atoms. The molecule has 3 heterocycles. The fraction of sp³-hybridized carbons (Fsp3) is 0.208. The van der Waals surface area contributed by atoms with E-state index in [2.05, 4.69) is 146 Å². The van der Waals surface area contributed by atoms with Crippen LogP contribution in [0.15, 0.2) is 115 Å². The maximum Gasteiger partial charge on any atom is 0.242 e. The second-order valence-corrected chi connectivity index (χ2v) is 17.2. The molecule has 0 radical (unpaired) electrons. The summed E-state index contributed by atoms with van der Waals surface area (Å²) in [6.45, 7) is 17.6. The second kappa shape index (κ2) is 15.7. The Morgan fingerprint density at radius 1 is 0.683 bits per heavy atom. The molecule has 0 saturated heterocycles. The number of imidazole rings is 1. The second-order valence-electron chi connectivity index (χ2n) is 17.2. The molecule has 0 saturated carbocycles. The van der Waals surface area contributed by atoms with Crippen molar-refractivity contribution in [3.63, 3.8) is 0 Å². The van der Waals surface area contributed by atoms with Crippen LogP contribution in [0.5, 0.6) is 11.5 Å². The monoisotopic (exact) mass is 966 g/mol. The summed E-state index contributed by atoms with van der Waals surface area (Å²) >= 11 is 0. The van der Waals surface area contributed by atoms with Gasteiger partial charge in [-0.15, -0.1) is 29.7 Å². The molecule has 6 aromatic carbocycles. The average Bonchev–Trinajstić information content (AvgIpc) is 3.76. The topological polar surface area (TPSA) is 35.9 Å². The largest absolute Gasteiger partial charge is 0.510 e. The van der Waals surface area contributed by atoms with Crippen LogP contribution in [-0.2, 0) is 33.5 Å². The number of para-hydroxylation sites is 2. The molecule has 0 atom stereocenters. The van der Waals surface area contributed by atoms with Gasteiger partial charge in [0.05, 0.1) is 22.1 Å². The Bertz CT molecular complexity index is 3130. The normalized spacial score (nSPS) is 12.7. The van der Waals surface area contributed by atoms with Crippen LogP contribution < -0.4 is 25.7 Å². The predicted molar refractivity (Wildman–Crippen MR) is 244 cm³/mol. The van der Waals surface area contributed by atoms with Crippen molar-refractivity contribution in [2.24, 2.45) is 6.98 Å². The van der Waals surface area contributed by atoms with Crippen LogP contribution in [-0.4, -0.2) is 20.8 Å². The zero-order valence-corrected chi connectivity index (χ0v) is 37.8. The third-order valence-electron chi connectivity index (χ3n) is 11.7. The van der Waals surface area contributed by atoms with Crippen LogP contribution in [0.4, 0.5) is 0 Å². The first-order chi connectivity index (χ1) is 29.5. The zero-order chi connectivity index (χ0) is 43.8. The summed E-state index contributed by atoms with van der Waals surface area (Å²) in [6.07, 6.45) is 4.92. The quantitative estimate of drug-likeness (QED) is 0.0907. The summed E-state index contributed by atoms with van der Waals surface area (Å²) in [7, 11) is 0. The summed E-state index contributed by atoms with van der Waals surface area (Å²) < 4.78 is 36.0. The van der Waals surface area contributed by atoms with Crippen molar-refractivity contribution in [3.05, 3.63) is 173 Å². The van der Waals surface area contributed by atoms with E-state index in [1.54, 1.807) is 10.6 Å². The summed E-state index contributed by atoms with van der Waals surface area (Å²) in [4.78, 5) is 4.96. The van der Waals surface area contributed by atoms with Gasteiger partial charge >= 0.3 is 0 Å². The first kappa shape index (κ1) is 37.3. The minimum absolute atomic E-state index is 0. The van der Waals surface area contributed by atoms with Gasteiger partial charge in [0.2, 0.25) is 13.0 Å². The molecule has 0 amide bonds. The molecule has 0 aliphatic heterocycles. The van der Waals surface area contributed by atoms with E-state index in [-0.39, 0.29) is 33.2 Å². The standard InChI is InChI=1S/C53H49BN4O.Pt/c1-33-24-35(3)51(36(4)25-33)54(52-37(5)26-34(2)27-38(52)6)40-18-21-46-45(29-40)44-20-19-43(31-49(44)58(46)50-28-39(22-23-55-50)53(7,8)9)59-42-15-13-14-41(30-42)57-32-56(10)47-16-11-12-17-48(47)57;/h11-29H,1-10H3;/q-2;/i10D3;. The predicted octanol–water partition coefficient (Wildman–Crippen LogP) is 9.80. The summed E-state index contributed by atoms with van der Waals surface area (Å²) in [5.74, 6) is 1.77. The number of aromatic nitrogens is 4. The number of fused-ring (bicyclic) bond motifs is 4. The average molecular weight is 967 g/mol. The fourth-order valence-electron chi connectivity index (χ4n) is 9.18. The van der Waals surface area contributed by atoms with E-state index in [1.165, 1.54) is 59.9 Å². The van der Waals surface area contributed by atoms with Crippen molar-refractivity contribution in [2.75, 3.05) is 0 Å². The molecule has 60 heavy (non-hydrogen) atoms. The first-order valence-electron chi connectivity index (χ1n) is 21.7. The Balaban J connectivity index is 0.00000544. The van der Waals surface area contributed by atoms with Crippen LogP contribution in [0.2, 0.25) is 0 Å². The van der Waals surface area contributed by atoms with Crippen LogP contribution in [0.3, 0.4) is 0 Å². The molecule has 7 heteroatoms. The molecule has 0 bridgehead atoms. The Hall–Kier alpha value is -5.71. The van der Waals surface area contributed by atoms with E-state index in [0.717, 1.165) is 27.6 Å². The van der Waals surface area contributed by atoms with Gasteiger partial charge in [0.15, 0.2) is 0 Å². The molecule has 0 aliphatic carbocycles. The third kappa shape index (κ3) is 7.30. The van der Waals surface area contributed by atoms with Gasteiger partial charge in [-0.2, -0.15) is 18.2 Å². The minimum Gasteiger partial charge on any atom is -0.510 e. The summed E-state index contributed by atoms with van der Waals surface area (Å²) in [5, 5.41) is 2.13. The van der Waals surface area contributed by atoms with Gasteiger partial charge in [0, 0.05) is 44.3 Å². The van der Waals surface area contributed by atoms with Crippen molar-refractivity contribution in [1.29, 1.82) is 0 Å². The molecule has 302 valence electrons. The van der Waals surface area contributed by atoms with Gasteiger partial charge < -0.3 is 18.4 Å². The zero-order valence-electron chi connectivity index (χ0n) is 38.6. The molecule has 3 aromatic heterocycles. The van der Waals surface area contributed by atoms with E-state index < -0.39 is 6.98 Å². The first-order valence-corrected chi connectivity index (χ1v) is 20.2. The van der Waals surface area contributed by atoms with Gasteiger partial charge in [-0.3, -0.25) is 0 Å². The molecule has 0 aliphatic rings. The molecular weight excluding hydrogens is 914 g/mol. The number of hydrogen-bond donors (Lipinski definition) is 0. The number of nitrogens with zero attached hydrogens (tertiary/aromatic N) is 4. The van der Waals surface area contributed by atoms with Gasteiger partial charge in [-0.05, 0) is 76.1 Å². The van der Waals surface area contributed by atoms with Crippen molar-refractivity contribution in [2.45, 2.75) is 67.7 Å². The third-order valence-corrected chi connectivity index (χ3v) is 11.7. The van der Waals surface area contributed by atoms with E-state index in [0.29, 0.717) is 28.2 Å². The maximum absolute atomic E-state index is 8.11. The van der Waals surface area contributed by atoms with Crippen molar-refractivity contribution in [1.82, 2.24) is 14.1 Å². The molecule has 9 aromatic rings. The number of benzene rings is 6.